The van der Waals surface area contributed by atoms with Crippen molar-refractivity contribution in [3.63, 3.8) is 0 Å². The summed E-state index contributed by atoms with van der Waals surface area (Å²) in [5.74, 6) is -0.00512. The van der Waals surface area contributed by atoms with Crippen molar-refractivity contribution < 1.29 is 24.5 Å². The van der Waals surface area contributed by atoms with Crippen LogP contribution >= 0.6 is 0 Å². The van der Waals surface area contributed by atoms with Gasteiger partial charge in [0.05, 0.1) is 25.4 Å². The normalized spacial score (nSPS) is 12.5. The Balaban J connectivity index is 3.33. The van der Waals surface area contributed by atoms with E-state index in [0.29, 0.717) is 25.9 Å². The minimum Gasteiger partial charge on any atom is -0.466 e. The number of carbonyl (C=O) groups excluding carboxylic acids is 2. The Bertz CT molecular complexity index is 1260. The van der Waals surface area contributed by atoms with Crippen molar-refractivity contribution in [3.8, 4) is 0 Å². The third kappa shape index (κ3) is 69.6. The molecule has 83 heavy (non-hydrogen) atoms. The maximum atomic E-state index is 12.5. The van der Waals surface area contributed by atoms with Gasteiger partial charge in [0.1, 0.15) is 0 Å². The van der Waals surface area contributed by atoms with Gasteiger partial charge in [0.2, 0.25) is 5.91 Å². The monoisotopic (exact) mass is 1170 g/mol. The van der Waals surface area contributed by atoms with Crippen LogP contribution in [0.3, 0.4) is 0 Å². The first-order valence-corrected chi connectivity index (χ1v) is 38.4. The predicted molar refractivity (Wildman–Crippen MR) is 366 cm³/mol. The van der Waals surface area contributed by atoms with Gasteiger partial charge in [-0.25, -0.2) is 0 Å². The number of hydrogen-bond donors (Lipinski definition) is 3. The van der Waals surface area contributed by atoms with E-state index < -0.39 is 12.1 Å². The topological polar surface area (TPSA) is 95.9 Å². The molecule has 0 aromatic heterocycles. The zero-order chi connectivity index (χ0) is 59.9. The molecule has 0 saturated carbocycles. The third-order valence-corrected chi connectivity index (χ3v) is 18.3. The molecule has 2 unspecified atom stereocenters. The van der Waals surface area contributed by atoms with Crippen molar-refractivity contribution in [1.29, 1.82) is 0 Å². The van der Waals surface area contributed by atoms with Gasteiger partial charge in [-0.2, -0.15) is 0 Å². The second-order valence-electron chi connectivity index (χ2n) is 26.7. The zero-order valence-corrected chi connectivity index (χ0v) is 56.7. The van der Waals surface area contributed by atoms with Gasteiger partial charge in [0.25, 0.3) is 0 Å². The summed E-state index contributed by atoms with van der Waals surface area (Å²) in [6.07, 6.45) is 91.5. The molecular weight excluding hydrogens is 1020 g/mol. The van der Waals surface area contributed by atoms with Gasteiger partial charge in [-0.05, 0) is 51.4 Å². The van der Waals surface area contributed by atoms with E-state index in [0.717, 1.165) is 38.5 Å². The highest BCUT2D eigenvalue weighted by atomic mass is 16.5. The second-order valence-corrected chi connectivity index (χ2v) is 26.7. The zero-order valence-electron chi connectivity index (χ0n) is 56.7. The van der Waals surface area contributed by atoms with Gasteiger partial charge in [-0.15, -0.1) is 0 Å². The van der Waals surface area contributed by atoms with E-state index in [9.17, 15) is 19.8 Å². The maximum absolute atomic E-state index is 12.5. The summed E-state index contributed by atoms with van der Waals surface area (Å²) in [5.41, 5.74) is 0. The number of ether oxygens (including phenoxy) is 1. The van der Waals surface area contributed by atoms with Crippen LogP contribution in [-0.4, -0.2) is 47.4 Å². The number of amides is 1. The largest absolute Gasteiger partial charge is 0.466 e. The van der Waals surface area contributed by atoms with Crippen LogP contribution in [0.5, 0.6) is 0 Å². The van der Waals surface area contributed by atoms with Gasteiger partial charge in [0, 0.05) is 12.8 Å². The standard InChI is InChI=1S/C77H151NO5/c1-3-5-7-9-11-13-15-17-19-21-39-43-47-51-55-59-63-67-71-77(82)83-72-68-64-60-56-52-48-44-40-36-34-32-30-28-26-24-22-23-25-27-29-31-33-35-38-42-46-50-54-58-62-66-70-76(81)78-74(73-79)75(80)69-65-61-57-53-49-45-41-37-20-18-16-14-12-10-8-6-4-2/h24,26,74-75,79-80H,3-23,25,27-73H2,1-2H3,(H,78,81)/b26-24-. The quantitative estimate of drug-likeness (QED) is 0.0320. The minimum absolute atomic E-state index is 0.0233. The van der Waals surface area contributed by atoms with E-state index in [2.05, 4.69) is 31.3 Å². The lowest BCUT2D eigenvalue weighted by Crippen LogP contribution is -2.45. The Labute approximate surface area is 520 Å². The van der Waals surface area contributed by atoms with E-state index in [-0.39, 0.29) is 18.5 Å². The summed E-state index contributed by atoms with van der Waals surface area (Å²) >= 11 is 0. The molecule has 0 aliphatic carbocycles. The summed E-state index contributed by atoms with van der Waals surface area (Å²) in [4.78, 5) is 24.7. The molecule has 0 aliphatic rings. The summed E-state index contributed by atoms with van der Waals surface area (Å²) in [6.45, 7) is 5.01. The molecule has 0 rings (SSSR count). The average molecular weight is 1170 g/mol. The fourth-order valence-corrected chi connectivity index (χ4v) is 12.5. The van der Waals surface area contributed by atoms with E-state index in [4.69, 9.17) is 4.74 Å². The number of unbranched alkanes of at least 4 members (excludes halogenated alkanes) is 60. The molecule has 0 aromatic carbocycles. The molecule has 0 saturated heterocycles. The first kappa shape index (κ1) is 81.6. The van der Waals surface area contributed by atoms with Crippen LogP contribution in [0.25, 0.3) is 0 Å². The minimum atomic E-state index is -0.663. The lowest BCUT2D eigenvalue weighted by atomic mass is 10.0. The van der Waals surface area contributed by atoms with Gasteiger partial charge in [-0.3, -0.25) is 9.59 Å². The molecule has 0 radical (unpaired) electrons. The van der Waals surface area contributed by atoms with Crippen LogP contribution in [0, 0.1) is 0 Å². The molecule has 0 bridgehead atoms. The fraction of sp³-hybridized carbons (Fsp3) is 0.948. The molecule has 1 amide bonds. The van der Waals surface area contributed by atoms with E-state index in [1.165, 1.54) is 372 Å². The number of rotatable bonds is 73. The Hall–Kier alpha value is -1.40. The van der Waals surface area contributed by atoms with Crippen LogP contribution in [0.4, 0.5) is 0 Å². The third-order valence-electron chi connectivity index (χ3n) is 18.3. The van der Waals surface area contributed by atoms with Crippen LogP contribution in [0.1, 0.15) is 444 Å². The first-order chi connectivity index (χ1) is 41.0. The SMILES string of the molecule is CCCCCCCCCCCCCCCCCCCCC(=O)OCCCCCCCCCCCCCC/C=C\CCCCCCCCCCCCCCCCCC(=O)NC(CO)C(O)CCCCCCCCCCCCCCCCCCC. The van der Waals surface area contributed by atoms with E-state index in [1.807, 2.05) is 0 Å². The van der Waals surface area contributed by atoms with Gasteiger partial charge >= 0.3 is 5.97 Å². The fourth-order valence-electron chi connectivity index (χ4n) is 12.5. The molecule has 0 fully saturated rings. The van der Waals surface area contributed by atoms with Gasteiger partial charge < -0.3 is 20.3 Å². The molecule has 0 aromatic rings. The molecule has 0 aliphatic heterocycles. The highest BCUT2D eigenvalue weighted by molar-refractivity contribution is 5.76. The Morgan fingerprint density at radius 1 is 0.325 bits per heavy atom. The summed E-state index contributed by atoms with van der Waals surface area (Å²) in [7, 11) is 0. The number of esters is 1. The molecule has 2 atom stereocenters. The highest BCUT2D eigenvalue weighted by Gasteiger charge is 2.20. The highest BCUT2D eigenvalue weighted by Crippen LogP contribution is 2.20. The predicted octanol–water partition coefficient (Wildman–Crippen LogP) is 25.1. The lowest BCUT2D eigenvalue weighted by molar-refractivity contribution is -0.143. The molecule has 0 heterocycles. The molecule has 0 spiro atoms. The number of aliphatic hydroxyl groups excluding tert-OH is 2. The number of aliphatic hydroxyl groups is 2. The molecule has 494 valence electrons. The summed E-state index contributed by atoms with van der Waals surface area (Å²) in [6, 6.07) is -0.540. The van der Waals surface area contributed by atoms with Crippen LogP contribution in [-0.2, 0) is 14.3 Å². The summed E-state index contributed by atoms with van der Waals surface area (Å²) < 4.78 is 5.52. The van der Waals surface area contributed by atoms with Gasteiger partial charge in [0.15, 0.2) is 0 Å². The van der Waals surface area contributed by atoms with Crippen LogP contribution < -0.4 is 5.32 Å². The maximum Gasteiger partial charge on any atom is 0.305 e. The molecular formula is C77H151NO5. The summed E-state index contributed by atoms with van der Waals surface area (Å²) in [5, 5.41) is 23.4. The van der Waals surface area contributed by atoms with Crippen molar-refractivity contribution >= 4 is 11.9 Å². The van der Waals surface area contributed by atoms with Crippen molar-refractivity contribution in [3.05, 3.63) is 12.2 Å². The van der Waals surface area contributed by atoms with Crippen LogP contribution in [0.2, 0.25) is 0 Å². The smallest absolute Gasteiger partial charge is 0.305 e. The van der Waals surface area contributed by atoms with Crippen molar-refractivity contribution in [2.24, 2.45) is 0 Å². The molecule has 6 nitrogen and oxygen atoms in total. The molecule has 3 N–H and O–H groups in total. The Morgan fingerprint density at radius 2 is 0.566 bits per heavy atom. The van der Waals surface area contributed by atoms with E-state index in [1.54, 1.807) is 0 Å². The second kappa shape index (κ2) is 73.1. The Kier molecular flexibility index (Phi) is 71.8. The first-order valence-electron chi connectivity index (χ1n) is 38.4. The number of allylic oxidation sites excluding steroid dienone is 2. The van der Waals surface area contributed by atoms with E-state index >= 15 is 0 Å². The van der Waals surface area contributed by atoms with Crippen molar-refractivity contribution in [2.45, 2.75) is 456 Å². The van der Waals surface area contributed by atoms with Crippen molar-refractivity contribution in [1.82, 2.24) is 5.32 Å². The lowest BCUT2D eigenvalue weighted by Gasteiger charge is -2.22. The molecule has 6 heteroatoms. The number of hydrogen-bond acceptors (Lipinski definition) is 5. The van der Waals surface area contributed by atoms with Gasteiger partial charge in [-0.1, -0.05) is 392 Å². The van der Waals surface area contributed by atoms with Crippen LogP contribution in [0.15, 0.2) is 12.2 Å². The number of nitrogens with one attached hydrogen (secondary N) is 1. The average Bonchev–Trinajstić information content (AvgIpc) is 3.48. The van der Waals surface area contributed by atoms with Crippen molar-refractivity contribution in [2.75, 3.05) is 13.2 Å². The Morgan fingerprint density at radius 3 is 0.855 bits per heavy atom. The number of carbonyl (C=O) groups is 2.